The van der Waals surface area contributed by atoms with E-state index in [2.05, 4.69) is 11.8 Å². The Bertz CT molecular complexity index is 780. The van der Waals surface area contributed by atoms with Crippen LogP contribution in [-0.4, -0.2) is 40.9 Å². The number of benzene rings is 2. The SMILES string of the molecule is CCCN(CCOc1c(Cl)cccc1Cl)C1CCc2c(ccc(O)c2O)C1.Cl. The van der Waals surface area contributed by atoms with E-state index < -0.39 is 0 Å². The predicted molar refractivity (Wildman–Crippen MR) is 117 cm³/mol. The Hall–Kier alpha value is -1.33. The van der Waals surface area contributed by atoms with Crippen molar-refractivity contribution >= 4 is 35.6 Å². The number of halogens is 3. The predicted octanol–water partition coefficient (Wildman–Crippen LogP) is 5.47. The van der Waals surface area contributed by atoms with Gasteiger partial charge in [-0.25, -0.2) is 0 Å². The van der Waals surface area contributed by atoms with Crippen LogP contribution in [0.25, 0.3) is 0 Å². The van der Waals surface area contributed by atoms with Crippen LogP contribution in [0.15, 0.2) is 30.3 Å². The Morgan fingerprint density at radius 3 is 2.50 bits per heavy atom. The highest BCUT2D eigenvalue weighted by molar-refractivity contribution is 6.37. The molecule has 0 heterocycles. The molecular weight excluding hydrogens is 421 g/mol. The molecule has 1 unspecified atom stereocenters. The third-order valence-electron chi connectivity index (χ3n) is 5.11. The molecule has 0 aliphatic heterocycles. The summed E-state index contributed by atoms with van der Waals surface area (Å²) in [6.07, 6.45) is 3.61. The molecule has 154 valence electrons. The van der Waals surface area contributed by atoms with Crippen molar-refractivity contribution in [2.75, 3.05) is 19.7 Å². The van der Waals surface area contributed by atoms with Crippen LogP contribution in [0.5, 0.6) is 17.2 Å². The molecule has 1 aliphatic carbocycles. The second kappa shape index (κ2) is 10.4. The number of hydrogen-bond acceptors (Lipinski definition) is 4. The maximum absolute atomic E-state index is 10.1. The third kappa shape index (κ3) is 5.18. The lowest BCUT2D eigenvalue weighted by Gasteiger charge is -2.35. The van der Waals surface area contributed by atoms with Crippen LogP contribution in [0, 0.1) is 0 Å². The fourth-order valence-corrected chi connectivity index (χ4v) is 4.27. The molecule has 7 heteroatoms. The highest BCUT2D eigenvalue weighted by Gasteiger charge is 2.26. The second-order valence-electron chi connectivity index (χ2n) is 6.90. The van der Waals surface area contributed by atoms with E-state index in [0.717, 1.165) is 49.9 Å². The van der Waals surface area contributed by atoms with E-state index in [1.807, 2.05) is 6.07 Å². The Kier molecular flexibility index (Phi) is 8.56. The number of phenolic OH excluding ortho intramolecular Hbond substituents is 2. The first kappa shape index (κ1) is 23.0. The maximum atomic E-state index is 10.1. The Morgan fingerprint density at radius 2 is 1.82 bits per heavy atom. The number of aromatic hydroxyl groups is 2. The number of hydrogen-bond donors (Lipinski definition) is 2. The van der Waals surface area contributed by atoms with Crippen molar-refractivity contribution in [2.24, 2.45) is 0 Å². The molecule has 2 aromatic rings. The van der Waals surface area contributed by atoms with E-state index in [4.69, 9.17) is 27.9 Å². The molecule has 1 aliphatic rings. The van der Waals surface area contributed by atoms with E-state index in [9.17, 15) is 10.2 Å². The van der Waals surface area contributed by atoms with Gasteiger partial charge in [0.2, 0.25) is 0 Å². The van der Waals surface area contributed by atoms with E-state index in [0.29, 0.717) is 28.4 Å². The number of nitrogens with zero attached hydrogens (tertiary/aromatic N) is 1. The Labute approximate surface area is 182 Å². The van der Waals surface area contributed by atoms with Crippen molar-refractivity contribution in [1.29, 1.82) is 0 Å². The first-order chi connectivity index (χ1) is 13.0. The van der Waals surface area contributed by atoms with Gasteiger partial charge in [-0.15, -0.1) is 12.4 Å². The summed E-state index contributed by atoms with van der Waals surface area (Å²) in [5, 5.41) is 20.8. The summed E-state index contributed by atoms with van der Waals surface area (Å²) in [4.78, 5) is 2.43. The third-order valence-corrected chi connectivity index (χ3v) is 5.71. The number of para-hydroxylation sites is 1. The number of ether oxygens (including phenoxy) is 1. The van der Waals surface area contributed by atoms with Crippen molar-refractivity contribution in [3.8, 4) is 17.2 Å². The number of rotatable bonds is 7. The molecule has 0 saturated heterocycles. The molecule has 2 aromatic carbocycles. The van der Waals surface area contributed by atoms with Gasteiger partial charge in [0.05, 0.1) is 10.0 Å². The average Bonchev–Trinajstić information content (AvgIpc) is 2.66. The van der Waals surface area contributed by atoms with Gasteiger partial charge in [0, 0.05) is 18.2 Å². The van der Waals surface area contributed by atoms with Crippen molar-refractivity contribution < 1.29 is 14.9 Å². The van der Waals surface area contributed by atoms with E-state index in [1.165, 1.54) is 0 Å². The molecule has 0 amide bonds. The van der Waals surface area contributed by atoms with Gasteiger partial charge >= 0.3 is 0 Å². The summed E-state index contributed by atoms with van der Waals surface area (Å²) in [6.45, 7) is 4.43. The van der Waals surface area contributed by atoms with Gasteiger partial charge in [0.25, 0.3) is 0 Å². The Morgan fingerprint density at radius 1 is 1.11 bits per heavy atom. The minimum absolute atomic E-state index is 0. The van der Waals surface area contributed by atoms with Crippen LogP contribution in [0.3, 0.4) is 0 Å². The smallest absolute Gasteiger partial charge is 0.160 e. The fraction of sp³-hybridized carbons (Fsp3) is 0.429. The van der Waals surface area contributed by atoms with Gasteiger partial charge in [-0.2, -0.15) is 0 Å². The summed E-state index contributed by atoms with van der Waals surface area (Å²) in [5.74, 6) is 0.527. The van der Waals surface area contributed by atoms with Crippen molar-refractivity contribution in [3.05, 3.63) is 51.5 Å². The van der Waals surface area contributed by atoms with Gasteiger partial charge in [-0.05, 0) is 56.0 Å². The van der Waals surface area contributed by atoms with Crippen LogP contribution in [0.2, 0.25) is 10.0 Å². The molecule has 0 bridgehead atoms. The zero-order valence-electron chi connectivity index (χ0n) is 15.8. The summed E-state index contributed by atoms with van der Waals surface area (Å²) >= 11 is 12.3. The minimum atomic E-state index is -0.0392. The zero-order chi connectivity index (χ0) is 19.4. The van der Waals surface area contributed by atoms with Crippen molar-refractivity contribution in [3.63, 3.8) is 0 Å². The summed E-state index contributed by atoms with van der Waals surface area (Å²) in [7, 11) is 0. The molecule has 0 radical (unpaired) electrons. The molecule has 4 nitrogen and oxygen atoms in total. The molecule has 0 saturated carbocycles. The van der Waals surface area contributed by atoms with E-state index in [1.54, 1.807) is 24.3 Å². The molecule has 0 spiro atoms. The molecular formula is C21H26Cl3NO3. The standard InChI is InChI=1S/C21H25Cl2NO3.ClH/c1-2-10-24(11-12-27-21-17(22)4-3-5-18(21)23)15-7-8-16-14(13-15)6-9-19(25)20(16)26;/h3-6,9,15,25-26H,2,7-8,10-13H2,1H3;1H. The minimum Gasteiger partial charge on any atom is -0.504 e. The zero-order valence-corrected chi connectivity index (χ0v) is 18.2. The second-order valence-corrected chi connectivity index (χ2v) is 7.72. The average molecular weight is 447 g/mol. The van der Waals surface area contributed by atoms with E-state index >= 15 is 0 Å². The van der Waals surface area contributed by atoms with Gasteiger partial charge in [0.1, 0.15) is 6.61 Å². The monoisotopic (exact) mass is 445 g/mol. The molecule has 3 rings (SSSR count). The van der Waals surface area contributed by atoms with Gasteiger partial charge in [0.15, 0.2) is 17.2 Å². The molecule has 2 N–H and O–H groups in total. The largest absolute Gasteiger partial charge is 0.504 e. The summed E-state index contributed by atoms with van der Waals surface area (Å²) < 4.78 is 5.86. The Balaban J connectivity index is 0.00000280. The van der Waals surface area contributed by atoms with Gasteiger partial charge in [-0.3, -0.25) is 4.90 Å². The van der Waals surface area contributed by atoms with Crippen LogP contribution < -0.4 is 4.74 Å². The lowest BCUT2D eigenvalue weighted by molar-refractivity contribution is 0.147. The summed E-state index contributed by atoms with van der Waals surface area (Å²) in [6, 6.07) is 9.21. The normalized spacial score (nSPS) is 15.8. The fourth-order valence-electron chi connectivity index (χ4n) is 3.76. The molecule has 1 atom stereocenters. The van der Waals surface area contributed by atoms with Crippen LogP contribution >= 0.6 is 35.6 Å². The van der Waals surface area contributed by atoms with Crippen LogP contribution in [0.1, 0.15) is 30.9 Å². The summed E-state index contributed by atoms with van der Waals surface area (Å²) in [5.41, 5.74) is 1.99. The topological polar surface area (TPSA) is 52.9 Å². The van der Waals surface area contributed by atoms with Crippen molar-refractivity contribution in [1.82, 2.24) is 4.90 Å². The van der Waals surface area contributed by atoms with Crippen LogP contribution in [-0.2, 0) is 12.8 Å². The molecule has 0 fully saturated rings. The first-order valence-electron chi connectivity index (χ1n) is 9.34. The molecule has 28 heavy (non-hydrogen) atoms. The first-order valence-corrected chi connectivity index (χ1v) is 10.1. The van der Waals surface area contributed by atoms with Gasteiger partial charge < -0.3 is 14.9 Å². The highest BCUT2D eigenvalue weighted by atomic mass is 35.5. The lowest BCUT2D eigenvalue weighted by Crippen LogP contribution is -2.42. The van der Waals surface area contributed by atoms with Gasteiger partial charge in [-0.1, -0.05) is 42.3 Å². The quantitative estimate of drug-likeness (QED) is 0.553. The number of phenols is 2. The number of fused-ring (bicyclic) bond motifs is 1. The van der Waals surface area contributed by atoms with Crippen molar-refractivity contribution in [2.45, 2.75) is 38.6 Å². The van der Waals surface area contributed by atoms with Crippen LogP contribution in [0.4, 0.5) is 0 Å². The highest BCUT2D eigenvalue weighted by Crippen LogP contribution is 2.37. The lowest BCUT2D eigenvalue weighted by atomic mass is 9.86. The maximum Gasteiger partial charge on any atom is 0.160 e. The van der Waals surface area contributed by atoms with E-state index in [-0.39, 0.29) is 23.9 Å². The molecule has 0 aromatic heterocycles.